The molecule has 5 heteroatoms. The molecule has 0 aromatic rings. The topological polar surface area (TPSA) is 59.6 Å². The maximum absolute atomic E-state index is 11.3. The van der Waals surface area contributed by atoms with Crippen LogP contribution < -0.4 is 10.6 Å². The van der Waals surface area contributed by atoms with E-state index < -0.39 is 6.09 Å². The molecule has 1 heterocycles. The van der Waals surface area contributed by atoms with E-state index in [1.807, 2.05) is 20.8 Å². The Labute approximate surface area is 90.5 Å². The lowest BCUT2D eigenvalue weighted by Crippen LogP contribution is -2.44. The molecule has 0 aromatic heterocycles. The fourth-order valence-electron chi connectivity index (χ4n) is 1.24. The number of rotatable bonds is 2. The molecule has 88 valence electrons. The Balaban J connectivity index is 2.15. The number of nitrogens with one attached hydrogen (secondary N) is 2. The highest BCUT2D eigenvalue weighted by molar-refractivity contribution is 5.68. The minimum absolute atomic E-state index is 0.0236. The van der Waals surface area contributed by atoms with Crippen molar-refractivity contribution in [2.24, 2.45) is 0 Å². The van der Waals surface area contributed by atoms with Gasteiger partial charge in [0.05, 0.1) is 6.61 Å². The highest BCUT2D eigenvalue weighted by atomic mass is 16.6. The summed E-state index contributed by atoms with van der Waals surface area (Å²) in [4.78, 5) is 11.3. The average Bonchev–Trinajstić information content (AvgIpc) is 2.14. The maximum atomic E-state index is 11.3. The molecule has 1 amide bonds. The fraction of sp³-hybridized carbons (Fsp3) is 0.900. The van der Waals surface area contributed by atoms with Crippen molar-refractivity contribution in [3.05, 3.63) is 0 Å². The Hall–Kier alpha value is -0.810. The minimum Gasteiger partial charge on any atom is -0.447 e. The van der Waals surface area contributed by atoms with Gasteiger partial charge in [-0.25, -0.2) is 4.79 Å². The maximum Gasteiger partial charge on any atom is 0.407 e. The molecule has 0 radical (unpaired) electrons. The Morgan fingerprint density at radius 3 is 2.87 bits per heavy atom. The first-order valence-electron chi connectivity index (χ1n) is 5.24. The standard InChI is InChI=1S/C10H20N2O3/c1-10(2,3)12-9(13)15-7-8-6-11-4-5-14-8/h8,11H,4-7H2,1-3H3,(H,12,13). The van der Waals surface area contributed by atoms with Crippen molar-refractivity contribution in [1.82, 2.24) is 10.6 Å². The van der Waals surface area contributed by atoms with E-state index in [0.29, 0.717) is 13.2 Å². The molecular formula is C10H20N2O3. The van der Waals surface area contributed by atoms with Crippen LogP contribution in [-0.2, 0) is 9.47 Å². The molecule has 15 heavy (non-hydrogen) atoms. The van der Waals surface area contributed by atoms with Crippen LogP contribution in [0.5, 0.6) is 0 Å². The zero-order valence-electron chi connectivity index (χ0n) is 9.63. The Kier molecular flexibility index (Phi) is 4.35. The Morgan fingerprint density at radius 1 is 1.60 bits per heavy atom. The molecule has 1 fully saturated rings. The van der Waals surface area contributed by atoms with Gasteiger partial charge in [0.15, 0.2) is 0 Å². The number of hydrogen-bond donors (Lipinski definition) is 2. The van der Waals surface area contributed by atoms with Crippen molar-refractivity contribution in [3.8, 4) is 0 Å². The SMILES string of the molecule is CC(C)(C)NC(=O)OCC1CNCCO1. The second kappa shape index (κ2) is 5.32. The summed E-state index contributed by atoms with van der Waals surface area (Å²) < 4.78 is 10.4. The van der Waals surface area contributed by atoms with Crippen LogP contribution in [0.2, 0.25) is 0 Å². The molecule has 1 rings (SSSR count). The van der Waals surface area contributed by atoms with Crippen molar-refractivity contribution in [2.45, 2.75) is 32.4 Å². The van der Waals surface area contributed by atoms with Gasteiger partial charge in [0, 0.05) is 18.6 Å². The third-order valence-electron chi connectivity index (χ3n) is 1.88. The number of hydrogen-bond acceptors (Lipinski definition) is 4. The van der Waals surface area contributed by atoms with E-state index >= 15 is 0 Å². The molecule has 1 saturated heterocycles. The van der Waals surface area contributed by atoms with Crippen LogP contribution in [0.25, 0.3) is 0 Å². The predicted octanol–water partition coefficient (Wildman–Crippen LogP) is 0.500. The van der Waals surface area contributed by atoms with E-state index in [9.17, 15) is 4.79 Å². The lowest BCUT2D eigenvalue weighted by molar-refractivity contribution is -0.0130. The van der Waals surface area contributed by atoms with Gasteiger partial charge in [-0.3, -0.25) is 0 Å². The van der Waals surface area contributed by atoms with Crippen LogP contribution in [0, 0.1) is 0 Å². The summed E-state index contributed by atoms with van der Waals surface area (Å²) in [5.41, 5.74) is -0.261. The molecule has 1 unspecified atom stereocenters. The van der Waals surface area contributed by atoms with E-state index in [1.165, 1.54) is 0 Å². The van der Waals surface area contributed by atoms with E-state index in [4.69, 9.17) is 9.47 Å². The highest BCUT2D eigenvalue weighted by Crippen LogP contribution is 2.01. The third-order valence-corrected chi connectivity index (χ3v) is 1.88. The highest BCUT2D eigenvalue weighted by Gasteiger charge is 2.18. The summed E-state index contributed by atoms with van der Waals surface area (Å²) in [5, 5.41) is 5.89. The van der Waals surface area contributed by atoms with Crippen molar-refractivity contribution in [2.75, 3.05) is 26.3 Å². The first-order chi connectivity index (χ1) is 6.97. The van der Waals surface area contributed by atoms with Gasteiger partial charge in [0.2, 0.25) is 0 Å². The van der Waals surface area contributed by atoms with Crippen LogP contribution in [0.4, 0.5) is 4.79 Å². The Morgan fingerprint density at radius 2 is 2.33 bits per heavy atom. The monoisotopic (exact) mass is 216 g/mol. The van der Waals surface area contributed by atoms with E-state index in [1.54, 1.807) is 0 Å². The smallest absolute Gasteiger partial charge is 0.407 e. The number of carbonyl (C=O) groups is 1. The number of alkyl carbamates (subject to hydrolysis) is 1. The van der Waals surface area contributed by atoms with Crippen LogP contribution >= 0.6 is 0 Å². The second-order valence-electron chi connectivity index (χ2n) is 4.67. The van der Waals surface area contributed by atoms with Crippen LogP contribution in [0.1, 0.15) is 20.8 Å². The van der Waals surface area contributed by atoms with Gasteiger partial charge >= 0.3 is 6.09 Å². The van der Waals surface area contributed by atoms with Crippen molar-refractivity contribution in [1.29, 1.82) is 0 Å². The van der Waals surface area contributed by atoms with Crippen LogP contribution in [0.15, 0.2) is 0 Å². The van der Waals surface area contributed by atoms with Gasteiger partial charge in [-0.15, -0.1) is 0 Å². The molecule has 1 aliphatic rings. The normalized spacial score (nSPS) is 22.2. The van der Waals surface area contributed by atoms with Gasteiger partial charge < -0.3 is 20.1 Å². The Bertz CT molecular complexity index is 207. The summed E-state index contributed by atoms with van der Waals surface area (Å²) in [7, 11) is 0. The van der Waals surface area contributed by atoms with Gasteiger partial charge in [-0.1, -0.05) is 0 Å². The lowest BCUT2D eigenvalue weighted by atomic mass is 10.1. The molecule has 0 aliphatic carbocycles. The van der Waals surface area contributed by atoms with Crippen molar-refractivity contribution < 1.29 is 14.3 Å². The van der Waals surface area contributed by atoms with Gasteiger partial charge in [0.25, 0.3) is 0 Å². The third kappa shape index (κ3) is 5.59. The lowest BCUT2D eigenvalue weighted by Gasteiger charge is -2.25. The molecule has 1 atom stereocenters. The van der Waals surface area contributed by atoms with E-state index in [-0.39, 0.29) is 11.6 Å². The zero-order chi connectivity index (χ0) is 11.3. The summed E-state index contributed by atoms with van der Waals surface area (Å²) >= 11 is 0. The molecule has 0 saturated carbocycles. The molecular weight excluding hydrogens is 196 g/mol. The minimum atomic E-state index is -0.392. The van der Waals surface area contributed by atoms with Gasteiger partial charge in [-0.2, -0.15) is 0 Å². The van der Waals surface area contributed by atoms with Crippen LogP contribution in [-0.4, -0.2) is 44.0 Å². The van der Waals surface area contributed by atoms with Crippen molar-refractivity contribution >= 4 is 6.09 Å². The van der Waals surface area contributed by atoms with Gasteiger partial charge in [-0.05, 0) is 20.8 Å². The molecule has 0 spiro atoms. The van der Waals surface area contributed by atoms with E-state index in [0.717, 1.165) is 13.1 Å². The number of amides is 1. The first-order valence-corrected chi connectivity index (χ1v) is 5.24. The predicted molar refractivity (Wildman–Crippen MR) is 56.8 cm³/mol. The van der Waals surface area contributed by atoms with Gasteiger partial charge in [0.1, 0.15) is 12.7 Å². The quantitative estimate of drug-likeness (QED) is 0.705. The fourth-order valence-corrected chi connectivity index (χ4v) is 1.24. The summed E-state index contributed by atoms with van der Waals surface area (Å²) in [6.07, 6.45) is -0.416. The van der Waals surface area contributed by atoms with Crippen molar-refractivity contribution in [3.63, 3.8) is 0 Å². The summed E-state index contributed by atoms with van der Waals surface area (Å²) in [5.74, 6) is 0. The molecule has 2 N–H and O–H groups in total. The summed E-state index contributed by atoms with van der Waals surface area (Å²) in [6.45, 7) is 8.31. The number of carbonyl (C=O) groups excluding carboxylic acids is 1. The zero-order valence-corrected chi connectivity index (χ0v) is 9.63. The molecule has 0 aromatic carbocycles. The van der Waals surface area contributed by atoms with Crippen LogP contribution in [0.3, 0.4) is 0 Å². The second-order valence-corrected chi connectivity index (χ2v) is 4.67. The average molecular weight is 216 g/mol. The molecule has 5 nitrogen and oxygen atoms in total. The largest absolute Gasteiger partial charge is 0.447 e. The number of ether oxygens (including phenoxy) is 2. The first kappa shape index (κ1) is 12.3. The molecule has 0 bridgehead atoms. The summed E-state index contributed by atoms with van der Waals surface area (Å²) in [6, 6.07) is 0. The molecule has 1 aliphatic heterocycles. The van der Waals surface area contributed by atoms with E-state index in [2.05, 4.69) is 10.6 Å². The number of morpholine rings is 1.